The van der Waals surface area contributed by atoms with Crippen molar-refractivity contribution in [1.82, 2.24) is 14.9 Å². The van der Waals surface area contributed by atoms with Crippen molar-refractivity contribution < 1.29 is 9.21 Å². The Morgan fingerprint density at radius 1 is 1.07 bits per heavy atom. The van der Waals surface area contributed by atoms with Crippen LogP contribution >= 0.6 is 0 Å². The average Bonchev–Trinajstić information content (AvgIpc) is 3.23. The highest BCUT2D eigenvalue weighted by atomic mass is 16.3. The summed E-state index contributed by atoms with van der Waals surface area (Å²) < 4.78 is 6.86. The number of furan rings is 1. The third-order valence-electron chi connectivity index (χ3n) is 4.65. The molecule has 0 saturated heterocycles. The molecule has 1 N–H and O–H groups in total. The van der Waals surface area contributed by atoms with Crippen LogP contribution in [-0.2, 0) is 0 Å². The molecule has 28 heavy (non-hydrogen) atoms. The average molecular weight is 373 g/mol. The van der Waals surface area contributed by atoms with Gasteiger partial charge in [-0.3, -0.25) is 14.2 Å². The predicted molar refractivity (Wildman–Crippen MR) is 107 cm³/mol. The quantitative estimate of drug-likeness (QED) is 0.591. The number of rotatable bonds is 4. The Kier molecular flexibility index (Phi) is 4.53. The highest BCUT2D eigenvalue weighted by molar-refractivity contribution is 5.94. The van der Waals surface area contributed by atoms with E-state index in [2.05, 4.69) is 10.3 Å². The number of aryl methyl sites for hydroxylation is 1. The molecule has 0 aliphatic rings. The highest BCUT2D eigenvalue weighted by Gasteiger charge is 2.14. The zero-order valence-corrected chi connectivity index (χ0v) is 15.5. The van der Waals surface area contributed by atoms with E-state index in [0.717, 1.165) is 0 Å². The number of nitrogens with zero attached hydrogens (tertiary/aromatic N) is 2. The number of carbonyl (C=O) groups excluding carboxylic acids is 1. The van der Waals surface area contributed by atoms with E-state index in [4.69, 9.17) is 4.42 Å². The van der Waals surface area contributed by atoms with Crippen molar-refractivity contribution in [1.29, 1.82) is 0 Å². The fourth-order valence-electron chi connectivity index (χ4n) is 3.20. The molecule has 2 aromatic heterocycles. The number of benzene rings is 2. The largest absolute Gasteiger partial charge is 0.467 e. The summed E-state index contributed by atoms with van der Waals surface area (Å²) in [7, 11) is 0. The Morgan fingerprint density at radius 2 is 1.82 bits per heavy atom. The molecule has 0 fully saturated rings. The highest BCUT2D eigenvalue weighted by Crippen LogP contribution is 2.16. The van der Waals surface area contributed by atoms with E-state index in [-0.39, 0.29) is 17.5 Å². The molecular weight excluding hydrogens is 354 g/mol. The van der Waals surface area contributed by atoms with E-state index in [9.17, 15) is 9.59 Å². The zero-order chi connectivity index (χ0) is 19.7. The standard InChI is InChI=1S/C22H19N3O3/c1-14(20-8-5-13-28-20)23-21(26)16-9-11-17(12-10-16)25-15(2)24-19-7-4-3-6-18(19)22(25)27/h3-14H,1-2H3,(H,23,26)/t14-/m0/s1. The van der Waals surface area contributed by atoms with Gasteiger partial charge in [0.2, 0.25) is 0 Å². The monoisotopic (exact) mass is 373 g/mol. The smallest absolute Gasteiger partial charge is 0.265 e. The molecule has 0 spiro atoms. The third kappa shape index (κ3) is 3.20. The van der Waals surface area contributed by atoms with E-state index in [1.165, 1.54) is 0 Å². The lowest BCUT2D eigenvalue weighted by Gasteiger charge is -2.13. The number of nitrogens with one attached hydrogen (secondary N) is 1. The summed E-state index contributed by atoms with van der Waals surface area (Å²) in [5, 5.41) is 3.45. The minimum Gasteiger partial charge on any atom is -0.467 e. The second kappa shape index (κ2) is 7.15. The number of para-hydroxylation sites is 1. The number of hydrogen-bond acceptors (Lipinski definition) is 4. The molecule has 0 unspecified atom stereocenters. The van der Waals surface area contributed by atoms with Crippen LogP contribution in [0.3, 0.4) is 0 Å². The minimum atomic E-state index is -0.239. The van der Waals surface area contributed by atoms with Crippen LogP contribution in [0.5, 0.6) is 0 Å². The Bertz CT molecular complexity index is 1190. The number of carbonyl (C=O) groups is 1. The SMILES string of the molecule is Cc1nc2ccccc2c(=O)n1-c1ccc(C(=O)N[C@@H](C)c2ccco2)cc1. The van der Waals surface area contributed by atoms with Crippen LogP contribution in [-0.4, -0.2) is 15.5 Å². The number of amides is 1. The molecule has 2 heterocycles. The first-order valence-corrected chi connectivity index (χ1v) is 8.97. The van der Waals surface area contributed by atoms with Crippen LogP contribution in [0.2, 0.25) is 0 Å². The molecule has 0 saturated carbocycles. The molecule has 1 amide bonds. The lowest BCUT2D eigenvalue weighted by atomic mass is 10.1. The molecule has 4 aromatic rings. The van der Waals surface area contributed by atoms with Gasteiger partial charge in [0.15, 0.2) is 0 Å². The van der Waals surface area contributed by atoms with Gasteiger partial charge in [-0.25, -0.2) is 4.98 Å². The summed E-state index contributed by atoms with van der Waals surface area (Å²) in [6.45, 7) is 3.65. The van der Waals surface area contributed by atoms with Crippen molar-refractivity contribution in [3.63, 3.8) is 0 Å². The Labute approximate surface area is 161 Å². The van der Waals surface area contributed by atoms with Gasteiger partial charge < -0.3 is 9.73 Å². The van der Waals surface area contributed by atoms with Crippen molar-refractivity contribution in [3.05, 3.63) is 94.4 Å². The first kappa shape index (κ1) is 17.7. The first-order valence-electron chi connectivity index (χ1n) is 8.97. The topological polar surface area (TPSA) is 77.1 Å². The normalized spacial score (nSPS) is 12.1. The molecule has 2 aromatic carbocycles. The molecule has 0 aliphatic carbocycles. The van der Waals surface area contributed by atoms with E-state index in [1.54, 1.807) is 54.2 Å². The fraction of sp³-hybridized carbons (Fsp3) is 0.136. The van der Waals surface area contributed by atoms with Crippen LogP contribution in [0.15, 0.2) is 76.1 Å². The van der Waals surface area contributed by atoms with Gasteiger partial charge >= 0.3 is 0 Å². The van der Waals surface area contributed by atoms with Crippen molar-refractivity contribution in [3.8, 4) is 5.69 Å². The van der Waals surface area contributed by atoms with Gasteiger partial charge in [-0.05, 0) is 62.4 Å². The maximum atomic E-state index is 12.9. The van der Waals surface area contributed by atoms with E-state index in [1.807, 2.05) is 31.2 Å². The maximum Gasteiger partial charge on any atom is 0.265 e. The fourth-order valence-corrected chi connectivity index (χ4v) is 3.20. The summed E-state index contributed by atoms with van der Waals surface area (Å²) in [5.41, 5.74) is 1.70. The van der Waals surface area contributed by atoms with Crippen LogP contribution < -0.4 is 10.9 Å². The Morgan fingerprint density at radius 3 is 2.54 bits per heavy atom. The van der Waals surface area contributed by atoms with Crippen LogP contribution in [0.1, 0.15) is 34.9 Å². The predicted octanol–water partition coefficient (Wildman–Crippen LogP) is 3.78. The van der Waals surface area contributed by atoms with Crippen LogP contribution in [0.4, 0.5) is 0 Å². The van der Waals surface area contributed by atoms with Gasteiger partial charge in [0.25, 0.3) is 11.5 Å². The summed E-state index contributed by atoms with van der Waals surface area (Å²) in [4.78, 5) is 29.9. The molecule has 0 bridgehead atoms. The number of hydrogen-bond donors (Lipinski definition) is 1. The van der Waals surface area contributed by atoms with Gasteiger partial charge in [0.05, 0.1) is 28.9 Å². The van der Waals surface area contributed by atoms with Crippen molar-refractivity contribution in [2.24, 2.45) is 0 Å². The Hall–Kier alpha value is -3.67. The van der Waals surface area contributed by atoms with Gasteiger partial charge in [-0.2, -0.15) is 0 Å². The van der Waals surface area contributed by atoms with Gasteiger partial charge in [0, 0.05) is 5.56 Å². The molecule has 1 atom stereocenters. The number of aromatic nitrogens is 2. The molecule has 4 rings (SSSR count). The first-order chi connectivity index (χ1) is 13.5. The third-order valence-corrected chi connectivity index (χ3v) is 4.65. The van der Waals surface area contributed by atoms with E-state index in [0.29, 0.717) is 33.7 Å². The zero-order valence-electron chi connectivity index (χ0n) is 15.5. The maximum absolute atomic E-state index is 12.9. The van der Waals surface area contributed by atoms with Gasteiger partial charge in [0.1, 0.15) is 11.6 Å². The van der Waals surface area contributed by atoms with E-state index >= 15 is 0 Å². The van der Waals surface area contributed by atoms with Crippen LogP contribution in [0.25, 0.3) is 16.6 Å². The summed E-state index contributed by atoms with van der Waals surface area (Å²) in [6.07, 6.45) is 1.57. The molecule has 0 aliphatic heterocycles. The second-order valence-electron chi connectivity index (χ2n) is 6.57. The van der Waals surface area contributed by atoms with Crippen molar-refractivity contribution in [2.45, 2.75) is 19.9 Å². The van der Waals surface area contributed by atoms with E-state index < -0.39 is 0 Å². The Balaban J connectivity index is 1.63. The molecule has 0 radical (unpaired) electrons. The van der Waals surface area contributed by atoms with Crippen molar-refractivity contribution in [2.75, 3.05) is 0 Å². The molecule has 6 heteroatoms. The van der Waals surface area contributed by atoms with Crippen LogP contribution in [0, 0.1) is 6.92 Å². The lowest BCUT2D eigenvalue weighted by Crippen LogP contribution is -2.26. The van der Waals surface area contributed by atoms with Gasteiger partial charge in [-0.1, -0.05) is 12.1 Å². The second-order valence-corrected chi connectivity index (χ2v) is 6.57. The molecule has 140 valence electrons. The summed E-state index contributed by atoms with van der Waals surface area (Å²) >= 11 is 0. The van der Waals surface area contributed by atoms with Gasteiger partial charge in [-0.15, -0.1) is 0 Å². The molecular formula is C22H19N3O3. The van der Waals surface area contributed by atoms with Crippen molar-refractivity contribution >= 4 is 16.8 Å². The summed E-state index contributed by atoms with van der Waals surface area (Å²) in [5.74, 6) is 1.07. The number of fused-ring (bicyclic) bond motifs is 1. The summed E-state index contributed by atoms with van der Waals surface area (Å²) in [6, 6.07) is 17.5. The molecule has 6 nitrogen and oxygen atoms in total. The minimum absolute atomic E-state index is 0.133. The lowest BCUT2D eigenvalue weighted by molar-refractivity contribution is 0.0935.